The summed E-state index contributed by atoms with van der Waals surface area (Å²) >= 11 is 1.06. The number of carbonyl (C=O) groups is 1. The lowest BCUT2D eigenvalue weighted by molar-refractivity contribution is 0.0702. The molecule has 0 atom stereocenters. The smallest absolute Gasteiger partial charge is 0.348 e. The van der Waals surface area contributed by atoms with Crippen molar-refractivity contribution in [3.8, 4) is 39.4 Å². The molecule has 0 fully saturated rings. The van der Waals surface area contributed by atoms with Gasteiger partial charge in [-0.15, -0.1) is 0 Å². The van der Waals surface area contributed by atoms with Gasteiger partial charge in [0.15, 0.2) is 28.1 Å². The molecule has 5 rings (SSSR count). The second-order valence-electron chi connectivity index (χ2n) is 6.36. The number of ether oxygens (including phenoxy) is 4. The second-order valence-corrected chi connectivity index (χ2v) is 7.34. The molecular formula is C20H15N3O6S. The molecule has 2 aromatic heterocycles. The fraction of sp³-hybridized carbons (Fsp3) is 0.150. The van der Waals surface area contributed by atoms with Crippen molar-refractivity contribution in [2.75, 3.05) is 21.0 Å². The summed E-state index contributed by atoms with van der Waals surface area (Å²) in [7, 11) is 3.10. The number of hydrogen-bond acceptors (Lipinski definition) is 8. The van der Waals surface area contributed by atoms with Gasteiger partial charge in [-0.05, 0) is 18.2 Å². The van der Waals surface area contributed by atoms with Gasteiger partial charge in [-0.1, -0.05) is 11.3 Å². The van der Waals surface area contributed by atoms with Crippen LogP contribution in [0.2, 0.25) is 0 Å². The third-order valence-electron chi connectivity index (χ3n) is 4.71. The van der Waals surface area contributed by atoms with E-state index in [0.29, 0.717) is 44.9 Å². The zero-order chi connectivity index (χ0) is 20.8. The van der Waals surface area contributed by atoms with E-state index in [9.17, 15) is 9.90 Å². The highest BCUT2D eigenvalue weighted by Gasteiger charge is 2.23. The van der Waals surface area contributed by atoms with Gasteiger partial charge in [-0.3, -0.25) is 4.57 Å². The van der Waals surface area contributed by atoms with Gasteiger partial charge in [0.1, 0.15) is 11.2 Å². The van der Waals surface area contributed by atoms with E-state index in [0.717, 1.165) is 16.9 Å². The number of rotatable bonds is 5. The molecule has 2 aromatic carbocycles. The molecule has 0 saturated heterocycles. The van der Waals surface area contributed by atoms with Crippen molar-refractivity contribution in [3.63, 3.8) is 0 Å². The van der Waals surface area contributed by atoms with Gasteiger partial charge in [-0.25, -0.2) is 14.8 Å². The number of aromatic carboxylic acids is 1. The number of hydrogen-bond donors (Lipinski definition) is 1. The van der Waals surface area contributed by atoms with Gasteiger partial charge in [-0.2, -0.15) is 0 Å². The van der Waals surface area contributed by atoms with Crippen molar-refractivity contribution in [2.24, 2.45) is 0 Å². The van der Waals surface area contributed by atoms with Crippen LogP contribution in [0.1, 0.15) is 9.67 Å². The number of aromatic nitrogens is 3. The van der Waals surface area contributed by atoms with Crippen molar-refractivity contribution in [1.29, 1.82) is 0 Å². The van der Waals surface area contributed by atoms with Crippen LogP contribution in [0, 0.1) is 0 Å². The fourth-order valence-electron chi connectivity index (χ4n) is 3.28. The van der Waals surface area contributed by atoms with Gasteiger partial charge < -0.3 is 24.1 Å². The molecule has 9 nitrogen and oxygen atoms in total. The standard InChI is InChI=1S/C20H15N3O6S/c1-26-14-6-11-12(7-15(14)27-2)23(8-21-11)20-22-17(18(30-20)19(24)25)10-3-4-13-16(5-10)29-9-28-13/h3-8H,9H2,1-2H3,(H,24,25). The van der Waals surface area contributed by atoms with E-state index in [1.54, 1.807) is 55.4 Å². The number of carboxylic acids is 1. The van der Waals surface area contributed by atoms with Crippen LogP contribution in [0.25, 0.3) is 27.4 Å². The Kier molecular flexibility index (Phi) is 4.21. The highest BCUT2D eigenvalue weighted by atomic mass is 32.1. The van der Waals surface area contributed by atoms with E-state index in [1.165, 1.54) is 0 Å². The minimum atomic E-state index is -1.06. The Balaban J connectivity index is 1.66. The van der Waals surface area contributed by atoms with Gasteiger partial charge in [0, 0.05) is 17.7 Å². The maximum absolute atomic E-state index is 11.9. The number of thiazole rings is 1. The fourth-order valence-corrected chi connectivity index (χ4v) is 4.20. The molecule has 0 unspecified atom stereocenters. The van der Waals surface area contributed by atoms with E-state index in [2.05, 4.69) is 9.97 Å². The third kappa shape index (κ3) is 2.80. The van der Waals surface area contributed by atoms with E-state index in [-0.39, 0.29) is 11.7 Å². The van der Waals surface area contributed by atoms with Gasteiger partial charge in [0.25, 0.3) is 0 Å². The molecule has 1 N–H and O–H groups in total. The van der Waals surface area contributed by atoms with Crippen LogP contribution in [0.3, 0.4) is 0 Å². The molecule has 4 aromatic rings. The first-order valence-corrected chi connectivity index (χ1v) is 9.64. The van der Waals surface area contributed by atoms with E-state index in [4.69, 9.17) is 18.9 Å². The van der Waals surface area contributed by atoms with Crippen LogP contribution in [0.15, 0.2) is 36.7 Å². The van der Waals surface area contributed by atoms with Crippen LogP contribution in [0.4, 0.5) is 0 Å². The van der Waals surface area contributed by atoms with Crippen LogP contribution >= 0.6 is 11.3 Å². The van der Waals surface area contributed by atoms with Crippen molar-refractivity contribution >= 4 is 28.3 Å². The first-order valence-electron chi connectivity index (χ1n) is 8.82. The van der Waals surface area contributed by atoms with Crippen molar-refractivity contribution < 1.29 is 28.8 Å². The summed E-state index contributed by atoms with van der Waals surface area (Å²) < 4.78 is 23.2. The number of methoxy groups -OCH3 is 2. The summed E-state index contributed by atoms with van der Waals surface area (Å²) in [5, 5.41) is 10.2. The summed E-state index contributed by atoms with van der Waals surface area (Å²) in [6, 6.07) is 8.77. The molecule has 0 saturated carbocycles. The Labute approximate surface area is 174 Å². The summed E-state index contributed by atoms with van der Waals surface area (Å²) in [6.45, 7) is 0.138. The Morgan fingerprint density at radius 3 is 2.67 bits per heavy atom. The molecule has 0 radical (unpaired) electrons. The molecule has 1 aliphatic heterocycles. The Hall–Kier alpha value is -3.79. The van der Waals surface area contributed by atoms with E-state index >= 15 is 0 Å². The Bertz CT molecular complexity index is 1300. The van der Waals surface area contributed by atoms with Crippen molar-refractivity contribution in [3.05, 3.63) is 41.5 Å². The number of fused-ring (bicyclic) bond motifs is 2. The molecular weight excluding hydrogens is 410 g/mol. The van der Waals surface area contributed by atoms with Crippen molar-refractivity contribution in [2.45, 2.75) is 0 Å². The molecule has 0 spiro atoms. The zero-order valence-corrected chi connectivity index (χ0v) is 16.7. The van der Waals surface area contributed by atoms with Crippen LogP contribution < -0.4 is 18.9 Å². The molecule has 1 aliphatic rings. The van der Waals surface area contributed by atoms with Crippen LogP contribution in [-0.2, 0) is 0 Å². The quantitative estimate of drug-likeness (QED) is 0.517. The predicted molar refractivity (Wildman–Crippen MR) is 108 cm³/mol. The van der Waals surface area contributed by atoms with Gasteiger partial charge in [0.2, 0.25) is 6.79 Å². The normalized spacial score (nSPS) is 12.3. The lowest BCUT2D eigenvalue weighted by Crippen LogP contribution is -1.95. The third-order valence-corrected chi connectivity index (χ3v) is 5.76. The largest absolute Gasteiger partial charge is 0.493 e. The van der Waals surface area contributed by atoms with Crippen LogP contribution in [0.5, 0.6) is 23.0 Å². The van der Waals surface area contributed by atoms with Gasteiger partial charge >= 0.3 is 5.97 Å². The molecule has 152 valence electrons. The molecule has 0 amide bonds. The average Bonchev–Trinajstić information content (AvgIpc) is 3.48. The first kappa shape index (κ1) is 18.3. The van der Waals surface area contributed by atoms with Gasteiger partial charge in [0.05, 0.1) is 30.9 Å². The zero-order valence-electron chi connectivity index (χ0n) is 15.9. The number of nitrogens with zero attached hydrogens (tertiary/aromatic N) is 3. The Morgan fingerprint density at radius 2 is 1.90 bits per heavy atom. The summed E-state index contributed by atoms with van der Waals surface area (Å²) in [5.41, 5.74) is 2.37. The Morgan fingerprint density at radius 1 is 1.13 bits per heavy atom. The second kappa shape index (κ2) is 6.92. The number of imidazole rings is 1. The monoisotopic (exact) mass is 425 g/mol. The minimum absolute atomic E-state index is 0.117. The molecule has 0 aliphatic carbocycles. The topological polar surface area (TPSA) is 105 Å². The number of carboxylic acid groups (broad SMARTS) is 1. The maximum atomic E-state index is 11.9. The summed E-state index contributed by atoms with van der Waals surface area (Å²) in [6.07, 6.45) is 1.59. The maximum Gasteiger partial charge on any atom is 0.348 e. The predicted octanol–water partition coefficient (Wildman–Crippen LogP) is 3.59. The molecule has 30 heavy (non-hydrogen) atoms. The SMILES string of the molecule is COc1cc2ncn(-c3nc(-c4ccc5c(c4)OCO5)c(C(=O)O)s3)c2cc1OC. The van der Waals surface area contributed by atoms with E-state index in [1.807, 2.05) is 0 Å². The highest BCUT2D eigenvalue weighted by Crippen LogP contribution is 2.39. The highest BCUT2D eigenvalue weighted by molar-refractivity contribution is 7.16. The first-order chi connectivity index (χ1) is 14.6. The molecule has 3 heterocycles. The lowest BCUT2D eigenvalue weighted by atomic mass is 10.1. The molecule has 0 bridgehead atoms. The summed E-state index contributed by atoms with van der Waals surface area (Å²) in [4.78, 5) is 21.0. The average molecular weight is 425 g/mol. The lowest BCUT2D eigenvalue weighted by Gasteiger charge is -2.07. The summed E-state index contributed by atoms with van der Waals surface area (Å²) in [5.74, 6) is 1.21. The minimum Gasteiger partial charge on any atom is -0.493 e. The van der Waals surface area contributed by atoms with Crippen LogP contribution in [-0.4, -0.2) is 46.6 Å². The van der Waals surface area contributed by atoms with E-state index < -0.39 is 5.97 Å². The van der Waals surface area contributed by atoms with Crippen molar-refractivity contribution in [1.82, 2.24) is 14.5 Å². The number of benzene rings is 2. The molecule has 10 heteroatoms.